The van der Waals surface area contributed by atoms with Gasteiger partial charge in [0.25, 0.3) is 0 Å². The van der Waals surface area contributed by atoms with Gasteiger partial charge in [-0.05, 0) is 51.4 Å². The van der Waals surface area contributed by atoms with Crippen molar-refractivity contribution in [3.8, 4) is 0 Å². The molecule has 2 heteroatoms. The second kappa shape index (κ2) is 13.5. The first-order valence-electron chi connectivity index (χ1n) is 10.6. The van der Waals surface area contributed by atoms with E-state index in [2.05, 4.69) is 26.8 Å². The van der Waals surface area contributed by atoms with Crippen LogP contribution in [-0.2, 0) is 4.79 Å². The Balaban J connectivity index is 2.01. The van der Waals surface area contributed by atoms with Crippen molar-refractivity contribution in [3.05, 3.63) is 11.6 Å². The number of unbranched alkanes of at least 4 members (excludes halogenated alkanes) is 6. The lowest BCUT2D eigenvalue weighted by Gasteiger charge is -2.14. The molecule has 2 nitrogen and oxygen atoms in total. The molecular weight excluding hydrogens is 294 g/mol. The van der Waals surface area contributed by atoms with Gasteiger partial charge in [0, 0.05) is 19.5 Å². The van der Waals surface area contributed by atoms with Crippen LogP contribution in [0.15, 0.2) is 11.6 Å². The number of amides is 1. The van der Waals surface area contributed by atoms with E-state index in [1.165, 1.54) is 57.8 Å². The van der Waals surface area contributed by atoms with E-state index in [-0.39, 0.29) is 0 Å². The molecule has 1 aliphatic heterocycles. The Morgan fingerprint density at radius 3 is 2.46 bits per heavy atom. The van der Waals surface area contributed by atoms with Crippen molar-refractivity contribution in [2.45, 2.75) is 104 Å². The number of likely N-dealkylation sites (tertiary alicyclic amines) is 1. The van der Waals surface area contributed by atoms with Crippen molar-refractivity contribution >= 4 is 5.91 Å². The van der Waals surface area contributed by atoms with Crippen molar-refractivity contribution in [1.82, 2.24) is 4.90 Å². The summed E-state index contributed by atoms with van der Waals surface area (Å²) in [6, 6.07) is 0. The maximum Gasteiger partial charge on any atom is 0.222 e. The molecule has 1 aliphatic rings. The first kappa shape index (κ1) is 21.3. The van der Waals surface area contributed by atoms with Gasteiger partial charge in [-0.2, -0.15) is 0 Å². The molecule has 0 N–H and O–H groups in total. The number of allylic oxidation sites excluding steroid dienone is 2. The zero-order chi connectivity index (χ0) is 17.6. The smallest absolute Gasteiger partial charge is 0.222 e. The van der Waals surface area contributed by atoms with E-state index >= 15 is 0 Å². The Labute approximate surface area is 151 Å². The van der Waals surface area contributed by atoms with Crippen molar-refractivity contribution < 1.29 is 4.79 Å². The van der Waals surface area contributed by atoms with Crippen LogP contribution in [0.25, 0.3) is 0 Å². The molecule has 0 radical (unpaired) electrons. The van der Waals surface area contributed by atoms with Gasteiger partial charge in [-0.15, -0.1) is 0 Å². The van der Waals surface area contributed by atoms with Crippen LogP contribution in [0.2, 0.25) is 0 Å². The third-order valence-corrected chi connectivity index (χ3v) is 5.27. The van der Waals surface area contributed by atoms with E-state index in [4.69, 9.17) is 0 Å². The lowest BCUT2D eigenvalue weighted by Crippen LogP contribution is -2.27. The SMILES string of the molecule is CCCCCCCC(C)C/C(C)=C\CCCCC(=O)N1CCCC1. The summed E-state index contributed by atoms with van der Waals surface area (Å²) in [7, 11) is 0. The van der Waals surface area contributed by atoms with Gasteiger partial charge >= 0.3 is 0 Å². The highest BCUT2D eigenvalue weighted by molar-refractivity contribution is 5.76. The van der Waals surface area contributed by atoms with Crippen LogP contribution >= 0.6 is 0 Å². The van der Waals surface area contributed by atoms with E-state index in [1.807, 2.05) is 4.90 Å². The zero-order valence-electron chi connectivity index (χ0n) is 16.6. The summed E-state index contributed by atoms with van der Waals surface area (Å²) in [6.45, 7) is 8.94. The minimum atomic E-state index is 0.380. The molecule has 0 aromatic heterocycles. The van der Waals surface area contributed by atoms with Gasteiger partial charge in [0.05, 0.1) is 0 Å². The highest BCUT2D eigenvalue weighted by atomic mass is 16.2. The monoisotopic (exact) mass is 335 g/mol. The fraction of sp³-hybridized carbons (Fsp3) is 0.864. The molecule has 140 valence electrons. The minimum absolute atomic E-state index is 0.380. The van der Waals surface area contributed by atoms with Crippen LogP contribution in [-0.4, -0.2) is 23.9 Å². The Bertz CT molecular complexity index is 355. The van der Waals surface area contributed by atoms with Gasteiger partial charge in [0.2, 0.25) is 5.91 Å². The maximum atomic E-state index is 12.0. The lowest BCUT2D eigenvalue weighted by atomic mass is 9.95. The Kier molecular flexibility index (Phi) is 12.0. The number of hydrogen-bond acceptors (Lipinski definition) is 1. The van der Waals surface area contributed by atoms with Crippen LogP contribution in [0.4, 0.5) is 0 Å². The molecule has 1 amide bonds. The van der Waals surface area contributed by atoms with E-state index in [0.717, 1.165) is 44.7 Å². The third-order valence-electron chi connectivity index (χ3n) is 5.27. The van der Waals surface area contributed by atoms with Crippen molar-refractivity contribution in [2.75, 3.05) is 13.1 Å². The quantitative estimate of drug-likeness (QED) is 0.278. The molecule has 0 aromatic rings. The molecule has 0 aliphatic carbocycles. The summed E-state index contributed by atoms with van der Waals surface area (Å²) in [5.41, 5.74) is 1.54. The first-order valence-corrected chi connectivity index (χ1v) is 10.6. The van der Waals surface area contributed by atoms with E-state index in [9.17, 15) is 4.79 Å². The maximum absolute atomic E-state index is 12.0. The predicted octanol–water partition coefficient (Wildman–Crippen LogP) is 6.50. The van der Waals surface area contributed by atoms with Crippen molar-refractivity contribution in [2.24, 2.45) is 5.92 Å². The number of hydrogen-bond donors (Lipinski definition) is 0. The van der Waals surface area contributed by atoms with E-state index in [1.54, 1.807) is 5.57 Å². The third kappa shape index (κ3) is 10.2. The molecule has 1 atom stereocenters. The summed E-state index contributed by atoms with van der Waals surface area (Å²) in [5.74, 6) is 1.20. The van der Waals surface area contributed by atoms with Crippen molar-refractivity contribution in [3.63, 3.8) is 0 Å². The Hall–Kier alpha value is -0.790. The highest BCUT2D eigenvalue weighted by Crippen LogP contribution is 2.19. The van der Waals surface area contributed by atoms with E-state index < -0.39 is 0 Å². The summed E-state index contributed by atoms with van der Waals surface area (Å²) in [4.78, 5) is 14.0. The highest BCUT2D eigenvalue weighted by Gasteiger charge is 2.16. The van der Waals surface area contributed by atoms with E-state index in [0.29, 0.717) is 5.91 Å². The van der Waals surface area contributed by atoms with Crippen LogP contribution in [0, 0.1) is 5.92 Å². The van der Waals surface area contributed by atoms with Gasteiger partial charge in [0.1, 0.15) is 0 Å². The summed E-state index contributed by atoms with van der Waals surface area (Å²) in [6.07, 6.45) is 18.5. The minimum Gasteiger partial charge on any atom is -0.343 e. The summed E-state index contributed by atoms with van der Waals surface area (Å²) < 4.78 is 0. The molecule has 1 saturated heterocycles. The Morgan fingerprint density at radius 1 is 1.04 bits per heavy atom. The topological polar surface area (TPSA) is 20.3 Å². The van der Waals surface area contributed by atoms with Gasteiger partial charge in [-0.3, -0.25) is 4.79 Å². The number of carbonyl (C=O) groups is 1. The Morgan fingerprint density at radius 2 is 1.75 bits per heavy atom. The summed E-state index contributed by atoms with van der Waals surface area (Å²) >= 11 is 0. The number of rotatable bonds is 13. The fourth-order valence-corrected chi connectivity index (χ4v) is 3.73. The van der Waals surface area contributed by atoms with Gasteiger partial charge in [0.15, 0.2) is 0 Å². The molecule has 1 heterocycles. The fourth-order valence-electron chi connectivity index (χ4n) is 3.73. The number of carbonyl (C=O) groups excluding carboxylic acids is 1. The average Bonchev–Trinajstić information content (AvgIpc) is 3.08. The number of nitrogens with zero attached hydrogens (tertiary/aromatic N) is 1. The molecule has 0 saturated carbocycles. The standard InChI is InChI=1S/C22H41NO/c1-4-5-6-7-9-14-20(2)19-21(3)15-10-8-11-16-22(24)23-17-12-13-18-23/h15,20H,4-14,16-19H2,1-3H3/b21-15-. The van der Waals surface area contributed by atoms with Gasteiger partial charge in [-0.25, -0.2) is 0 Å². The first-order chi connectivity index (χ1) is 11.6. The molecule has 1 fully saturated rings. The average molecular weight is 336 g/mol. The molecule has 0 bridgehead atoms. The van der Waals surface area contributed by atoms with Crippen LogP contribution < -0.4 is 0 Å². The predicted molar refractivity (Wildman–Crippen MR) is 105 cm³/mol. The molecular formula is C22H41NO. The zero-order valence-corrected chi connectivity index (χ0v) is 16.6. The normalized spacial score (nSPS) is 16.6. The molecule has 1 unspecified atom stereocenters. The lowest BCUT2D eigenvalue weighted by molar-refractivity contribution is -0.130. The molecule has 24 heavy (non-hydrogen) atoms. The largest absolute Gasteiger partial charge is 0.343 e. The van der Waals surface area contributed by atoms with Crippen LogP contribution in [0.1, 0.15) is 104 Å². The second-order valence-corrected chi connectivity index (χ2v) is 7.90. The molecule has 0 spiro atoms. The van der Waals surface area contributed by atoms with Crippen LogP contribution in [0.5, 0.6) is 0 Å². The van der Waals surface area contributed by atoms with Gasteiger partial charge < -0.3 is 4.90 Å². The van der Waals surface area contributed by atoms with Gasteiger partial charge in [-0.1, -0.05) is 64.0 Å². The van der Waals surface area contributed by atoms with Crippen molar-refractivity contribution in [1.29, 1.82) is 0 Å². The second-order valence-electron chi connectivity index (χ2n) is 7.90. The van der Waals surface area contributed by atoms with Crippen LogP contribution in [0.3, 0.4) is 0 Å². The molecule has 1 rings (SSSR count). The molecule has 0 aromatic carbocycles. The summed E-state index contributed by atoms with van der Waals surface area (Å²) in [5, 5.41) is 0.